The lowest BCUT2D eigenvalue weighted by atomic mass is 9.99. The number of carbonyl (C=O) groups is 1. The lowest BCUT2D eigenvalue weighted by Gasteiger charge is -2.32. The van der Waals surface area contributed by atoms with Crippen LogP contribution in [0, 0.1) is 0 Å². The average Bonchev–Trinajstić information content (AvgIpc) is 3.31. The summed E-state index contributed by atoms with van der Waals surface area (Å²) in [6.07, 6.45) is 2.91. The van der Waals surface area contributed by atoms with Crippen LogP contribution in [0.15, 0.2) is 29.4 Å². The highest BCUT2D eigenvalue weighted by Crippen LogP contribution is 2.29. The van der Waals surface area contributed by atoms with Crippen molar-refractivity contribution in [2.24, 2.45) is 5.16 Å². The Morgan fingerprint density at radius 1 is 1.45 bits per heavy atom. The van der Waals surface area contributed by atoms with Crippen LogP contribution in [0.25, 0.3) is 0 Å². The van der Waals surface area contributed by atoms with Crippen molar-refractivity contribution in [1.82, 2.24) is 4.90 Å². The van der Waals surface area contributed by atoms with Gasteiger partial charge in [-0.15, -0.1) is 0 Å². The van der Waals surface area contributed by atoms with Crippen molar-refractivity contribution in [3.8, 4) is 0 Å². The Kier molecular flexibility index (Phi) is 3.34. The molecule has 2 aliphatic rings. The minimum atomic E-state index is 0.159. The third-order valence-electron chi connectivity index (χ3n) is 4.11. The van der Waals surface area contributed by atoms with Crippen LogP contribution in [0.2, 0.25) is 0 Å². The molecule has 1 amide bonds. The first-order chi connectivity index (χ1) is 9.70. The van der Waals surface area contributed by atoms with E-state index in [1.807, 2.05) is 36.2 Å². The van der Waals surface area contributed by atoms with Crippen LogP contribution in [0.3, 0.4) is 0 Å². The molecule has 0 saturated heterocycles. The Bertz CT molecular complexity index is 552. The van der Waals surface area contributed by atoms with Crippen LogP contribution in [0.5, 0.6) is 0 Å². The molecule has 1 aliphatic heterocycles. The molecule has 0 aromatic heterocycles. The lowest BCUT2D eigenvalue weighted by molar-refractivity contribution is -0.128. The number of carbonyl (C=O) groups excluding carboxylic acids is 1. The van der Waals surface area contributed by atoms with E-state index in [2.05, 4.69) is 10.1 Å². The third kappa shape index (κ3) is 2.35. The molecular formula is C15H19N3O2. The molecule has 1 aliphatic carbocycles. The zero-order chi connectivity index (χ0) is 14.1. The Morgan fingerprint density at radius 3 is 2.90 bits per heavy atom. The Morgan fingerprint density at radius 2 is 2.20 bits per heavy atom. The highest BCUT2D eigenvalue weighted by Gasteiger charge is 2.31. The summed E-state index contributed by atoms with van der Waals surface area (Å²) in [6.45, 7) is 1.10. The third-order valence-corrected chi connectivity index (χ3v) is 4.11. The van der Waals surface area contributed by atoms with Gasteiger partial charge in [-0.25, -0.2) is 0 Å². The van der Waals surface area contributed by atoms with Gasteiger partial charge in [0, 0.05) is 37.3 Å². The van der Waals surface area contributed by atoms with Crippen molar-refractivity contribution in [3.05, 3.63) is 29.8 Å². The topological polar surface area (TPSA) is 56.1 Å². The van der Waals surface area contributed by atoms with Gasteiger partial charge in [-0.2, -0.15) is 0 Å². The number of oxime groups is 1. The van der Waals surface area contributed by atoms with E-state index in [4.69, 9.17) is 5.21 Å². The zero-order valence-corrected chi connectivity index (χ0v) is 11.6. The zero-order valence-electron chi connectivity index (χ0n) is 11.6. The van der Waals surface area contributed by atoms with Gasteiger partial charge in [0.05, 0.1) is 12.3 Å². The molecule has 1 heterocycles. The monoisotopic (exact) mass is 273 g/mol. The fraction of sp³-hybridized carbons (Fsp3) is 0.467. The molecule has 106 valence electrons. The van der Waals surface area contributed by atoms with E-state index in [1.165, 1.54) is 0 Å². The second-order valence-corrected chi connectivity index (χ2v) is 5.47. The molecule has 5 nitrogen and oxygen atoms in total. The van der Waals surface area contributed by atoms with Gasteiger partial charge in [-0.1, -0.05) is 23.4 Å². The minimum Gasteiger partial charge on any atom is -0.411 e. The first-order valence-corrected chi connectivity index (χ1v) is 7.01. The van der Waals surface area contributed by atoms with E-state index < -0.39 is 0 Å². The molecule has 0 unspecified atom stereocenters. The molecule has 5 heteroatoms. The summed E-state index contributed by atoms with van der Waals surface area (Å²) < 4.78 is 0. The molecular weight excluding hydrogens is 254 g/mol. The fourth-order valence-corrected chi connectivity index (χ4v) is 2.70. The van der Waals surface area contributed by atoms with E-state index in [0.29, 0.717) is 31.3 Å². The predicted octanol–water partition coefficient (Wildman–Crippen LogP) is 1.70. The normalized spacial score (nSPS) is 19.9. The Labute approximate surface area is 118 Å². The van der Waals surface area contributed by atoms with E-state index in [-0.39, 0.29) is 5.91 Å². The van der Waals surface area contributed by atoms with Crippen LogP contribution >= 0.6 is 0 Å². The van der Waals surface area contributed by atoms with Crippen LogP contribution in [-0.4, -0.2) is 47.9 Å². The fourth-order valence-electron chi connectivity index (χ4n) is 2.70. The van der Waals surface area contributed by atoms with Gasteiger partial charge in [-0.05, 0) is 18.9 Å². The SMILES string of the molecule is CN(C(=O)CN1CCC(=NO)c2ccccc21)C1CC1. The largest absolute Gasteiger partial charge is 0.411 e. The standard InChI is InChI=1S/C15H19N3O2/c1-17(11-6-7-11)15(19)10-18-9-8-13(16-20)12-4-2-3-5-14(12)18/h2-5,11,20H,6-10H2,1H3. The summed E-state index contributed by atoms with van der Waals surface area (Å²) in [4.78, 5) is 16.2. The van der Waals surface area contributed by atoms with Gasteiger partial charge in [0.1, 0.15) is 0 Å². The van der Waals surface area contributed by atoms with Crippen molar-refractivity contribution in [2.45, 2.75) is 25.3 Å². The lowest BCUT2D eigenvalue weighted by Crippen LogP contribution is -2.42. The van der Waals surface area contributed by atoms with Gasteiger partial charge < -0.3 is 15.0 Å². The number of hydrogen-bond acceptors (Lipinski definition) is 4. The van der Waals surface area contributed by atoms with Gasteiger partial charge in [0.15, 0.2) is 0 Å². The maximum atomic E-state index is 12.3. The van der Waals surface area contributed by atoms with E-state index in [1.54, 1.807) is 0 Å². The molecule has 1 aromatic carbocycles. The van der Waals surface area contributed by atoms with Gasteiger partial charge in [0.25, 0.3) is 0 Å². The van der Waals surface area contributed by atoms with Crippen molar-refractivity contribution in [3.63, 3.8) is 0 Å². The van der Waals surface area contributed by atoms with Crippen molar-refractivity contribution in [2.75, 3.05) is 25.0 Å². The van der Waals surface area contributed by atoms with Gasteiger partial charge in [-0.3, -0.25) is 4.79 Å². The maximum Gasteiger partial charge on any atom is 0.242 e. The van der Waals surface area contributed by atoms with Crippen LogP contribution < -0.4 is 4.90 Å². The smallest absolute Gasteiger partial charge is 0.242 e. The van der Waals surface area contributed by atoms with Gasteiger partial charge in [0.2, 0.25) is 5.91 Å². The molecule has 1 N–H and O–H groups in total. The van der Waals surface area contributed by atoms with E-state index >= 15 is 0 Å². The average molecular weight is 273 g/mol. The maximum absolute atomic E-state index is 12.3. The quantitative estimate of drug-likeness (QED) is 0.673. The molecule has 0 radical (unpaired) electrons. The number of likely N-dealkylation sites (N-methyl/N-ethyl adjacent to an activating group) is 1. The summed E-state index contributed by atoms with van der Waals surface area (Å²) in [5, 5.41) is 12.4. The second-order valence-electron chi connectivity index (χ2n) is 5.47. The summed E-state index contributed by atoms with van der Waals surface area (Å²) in [7, 11) is 1.89. The first-order valence-electron chi connectivity index (χ1n) is 7.01. The molecule has 3 rings (SSSR count). The van der Waals surface area contributed by atoms with Crippen LogP contribution in [-0.2, 0) is 4.79 Å². The number of benzene rings is 1. The number of amides is 1. The molecule has 20 heavy (non-hydrogen) atoms. The van der Waals surface area contributed by atoms with Crippen LogP contribution in [0.1, 0.15) is 24.8 Å². The molecule has 0 atom stereocenters. The number of hydrogen-bond donors (Lipinski definition) is 1. The number of rotatable bonds is 3. The minimum absolute atomic E-state index is 0.159. The highest BCUT2D eigenvalue weighted by molar-refractivity contribution is 6.07. The summed E-state index contributed by atoms with van der Waals surface area (Å²) in [5.74, 6) is 0.159. The number of fused-ring (bicyclic) bond motifs is 1. The van der Waals surface area contributed by atoms with Crippen molar-refractivity contribution in [1.29, 1.82) is 0 Å². The molecule has 1 aromatic rings. The summed E-state index contributed by atoms with van der Waals surface area (Å²) in [6, 6.07) is 8.22. The Balaban J connectivity index is 1.79. The molecule has 1 saturated carbocycles. The second kappa shape index (κ2) is 5.15. The number of nitrogens with zero attached hydrogens (tertiary/aromatic N) is 3. The first kappa shape index (κ1) is 13.0. The van der Waals surface area contributed by atoms with E-state index in [9.17, 15) is 4.79 Å². The molecule has 0 spiro atoms. The number of anilines is 1. The van der Waals surface area contributed by atoms with Crippen molar-refractivity contribution >= 4 is 17.3 Å². The highest BCUT2D eigenvalue weighted by atomic mass is 16.4. The molecule has 0 bridgehead atoms. The summed E-state index contributed by atoms with van der Waals surface area (Å²) >= 11 is 0. The van der Waals surface area contributed by atoms with Gasteiger partial charge >= 0.3 is 0 Å². The molecule has 1 fully saturated rings. The van der Waals surface area contributed by atoms with Crippen molar-refractivity contribution < 1.29 is 10.0 Å². The van der Waals surface area contributed by atoms with E-state index in [0.717, 1.165) is 24.1 Å². The summed E-state index contributed by atoms with van der Waals surface area (Å²) in [5.41, 5.74) is 2.59. The predicted molar refractivity (Wildman–Crippen MR) is 77.4 cm³/mol. The van der Waals surface area contributed by atoms with Crippen LogP contribution in [0.4, 0.5) is 5.69 Å². The number of para-hydroxylation sites is 1. The Hall–Kier alpha value is -2.04.